The van der Waals surface area contributed by atoms with Gasteiger partial charge in [0.2, 0.25) is 5.91 Å². The molecule has 1 aliphatic carbocycles. The molecule has 3 N–H and O–H groups in total. The Morgan fingerprint density at radius 1 is 0.958 bits per heavy atom. The van der Waals surface area contributed by atoms with Crippen molar-refractivity contribution < 1.29 is 4.79 Å². The van der Waals surface area contributed by atoms with E-state index in [0.717, 1.165) is 17.7 Å². The van der Waals surface area contributed by atoms with Crippen LogP contribution in [-0.4, -0.2) is 11.0 Å². The maximum atomic E-state index is 12.2. The SMILES string of the molecule is O=C(NNC(=S)Nc1ccc(Cl)cc1)[C@@H]1C[C@H]1c1ccc(Cl)cc1. The Morgan fingerprint density at radius 2 is 1.54 bits per heavy atom. The van der Waals surface area contributed by atoms with Crippen molar-refractivity contribution in [2.24, 2.45) is 5.92 Å². The van der Waals surface area contributed by atoms with Crippen molar-refractivity contribution in [2.75, 3.05) is 5.32 Å². The standard InChI is InChI=1S/C17H15Cl2N3OS/c18-11-3-1-10(2-4-11)14-9-15(14)16(23)21-22-17(24)20-13-7-5-12(19)6-8-13/h1-8,14-15H,9H2,(H,21,23)(H2,20,22,24)/t14-,15+/m0/s1. The molecule has 7 heteroatoms. The number of halogens is 2. The van der Waals surface area contributed by atoms with Crippen LogP contribution in [-0.2, 0) is 4.79 Å². The molecule has 0 spiro atoms. The zero-order valence-electron chi connectivity index (χ0n) is 12.6. The zero-order chi connectivity index (χ0) is 17.1. The molecule has 3 rings (SSSR count). The highest BCUT2D eigenvalue weighted by molar-refractivity contribution is 7.80. The predicted octanol–water partition coefficient (Wildman–Crippen LogP) is 4.11. The monoisotopic (exact) mass is 379 g/mol. The van der Waals surface area contributed by atoms with Gasteiger partial charge in [0.1, 0.15) is 0 Å². The first-order valence-corrected chi connectivity index (χ1v) is 8.57. The van der Waals surface area contributed by atoms with Crippen LogP contribution < -0.4 is 16.2 Å². The molecule has 0 aromatic heterocycles. The highest BCUT2D eigenvalue weighted by Crippen LogP contribution is 2.47. The molecule has 0 radical (unpaired) electrons. The van der Waals surface area contributed by atoms with Crippen molar-refractivity contribution in [3.05, 3.63) is 64.1 Å². The molecule has 1 fully saturated rings. The maximum absolute atomic E-state index is 12.2. The fourth-order valence-electron chi connectivity index (χ4n) is 2.47. The number of rotatable bonds is 3. The number of carbonyl (C=O) groups is 1. The molecule has 0 heterocycles. The van der Waals surface area contributed by atoms with Crippen molar-refractivity contribution in [3.63, 3.8) is 0 Å². The van der Waals surface area contributed by atoms with E-state index in [1.165, 1.54) is 0 Å². The van der Waals surface area contributed by atoms with Crippen LogP contribution in [0, 0.1) is 5.92 Å². The van der Waals surface area contributed by atoms with Gasteiger partial charge in [-0.3, -0.25) is 15.6 Å². The lowest BCUT2D eigenvalue weighted by molar-refractivity contribution is -0.122. The summed E-state index contributed by atoms with van der Waals surface area (Å²) in [4.78, 5) is 12.2. The summed E-state index contributed by atoms with van der Waals surface area (Å²) in [5.74, 6) is 0.120. The van der Waals surface area contributed by atoms with Crippen LogP contribution in [0.4, 0.5) is 5.69 Å². The van der Waals surface area contributed by atoms with Crippen LogP contribution >= 0.6 is 35.4 Å². The largest absolute Gasteiger partial charge is 0.331 e. The molecule has 1 saturated carbocycles. The highest BCUT2D eigenvalue weighted by Gasteiger charge is 2.43. The Hall–Kier alpha value is -1.82. The van der Waals surface area contributed by atoms with Gasteiger partial charge >= 0.3 is 0 Å². The number of carbonyl (C=O) groups excluding carboxylic acids is 1. The first kappa shape index (κ1) is 17.0. The van der Waals surface area contributed by atoms with Crippen LogP contribution in [0.25, 0.3) is 0 Å². The van der Waals surface area contributed by atoms with E-state index >= 15 is 0 Å². The molecule has 24 heavy (non-hydrogen) atoms. The van der Waals surface area contributed by atoms with Crippen molar-refractivity contribution in [1.29, 1.82) is 0 Å². The second kappa shape index (κ2) is 7.38. The van der Waals surface area contributed by atoms with E-state index in [9.17, 15) is 4.79 Å². The van der Waals surface area contributed by atoms with E-state index in [1.807, 2.05) is 24.3 Å². The maximum Gasteiger partial charge on any atom is 0.242 e. The third-order valence-corrected chi connectivity index (χ3v) is 4.53. The third-order valence-electron chi connectivity index (χ3n) is 3.83. The number of nitrogens with one attached hydrogen (secondary N) is 3. The first-order valence-electron chi connectivity index (χ1n) is 7.41. The fourth-order valence-corrected chi connectivity index (χ4v) is 2.89. The molecule has 2 aromatic carbocycles. The molecule has 4 nitrogen and oxygen atoms in total. The van der Waals surface area contributed by atoms with E-state index < -0.39 is 0 Å². The number of hydrogen-bond donors (Lipinski definition) is 3. The Morgan fingerprint density at radius 3 is 2.17 bits per heavy atom. The Balaban J connectivity index is 1.45. The number of thiocarbonyl (C=S) groups is 1. The lowest BCUT2D eigenvalue weighted by atomic mass is 10.1. The van der Waals surface area contributed by atoms with Gasteiger partial charge < -0.3 is 5.32 Å². The smallest absolute Gasteiger partial charge is 0.242 e. The fraction of sp³-hybridized carbons (Fsp3) is 0.176. The minimum Gasteiger partial charge on any atom is -0.331 e. The topological polar surface area (TPSA) is 53.2 Å². The average molecular weight is 380 g/mol. The molecule has 1 aliphatic rings. The van der Waals surface area contributed by atoms with Gasteiger partial charge in [-0.15, -0.1) is 0 Å². The molecular weight excluding hydrogens is 365 g/mol. The third kappa shape index (κ3) is 4.38. The van der Waals surface area contributed by atoms with E-state index in [2.05, 4.69) is 16.2 Å². The summed E-state index contributed by atoms with van der Waals surface area (Å²) in [5, 5.41) is 4.62. The van der Waals surface area contributed by atoms with Crippen molar-refractivity contribution >= 4 is 52.1 Å². The Labute approximate surface area is 155 Å². The summed E-state index contributed by atoms with van der Waals surface area (Å²) in [5.41, 5.74) is 7.27. The molecule has 124 valence electrons. The van der Waals surface area contributed by atoms with E-state index in [0.29, 0.717) is 15.2 Å². The molecule has 0 saturated heterocycles. The summed E-state index contributed by atoms with van der Waals surface area (Å²) in [6, 6.07) is 14.7. The van der Waals surface area contributed by atoms with Crippen LogP contribution in [0.3, 0.4) is 0 Å². The van der Waals surface area contributed by atoms with Crippen LogP contribution in [0.15, 0.2) is 48.5 Å². The van der Waals surface area contributed by atoms with Crippen molar-refractivity contribution in [2.45, 2.75) is 12.3 Å². The van der Waals surface area contributed by atoms with E-state index in [-0.39, 0.29) is 17.7 Å². The van der Waals surface area contributed by atoms with Gasteiger partial charge in [-0.05, 0) is 66.5 Å². The molecule has 1 amide bonds. The number of amides is 1. The van der Waals surface area contributed by atoms with Gasteiger partial charge in [0.15, 0.2) is 5.11 Å². The molecule has 2 aromatic rings. The van der Waals surface area contributed by atoms with Gasteiger partial charge in [-0.1, -0.05) is 35.3 Å². The molecular formula is C17H15Cl2N3OS. The number of anilines is 1. The van der Waals surface area contributed by atoms with E-state index in [4.69, 9.17) is 35.4 Å². The van der Waals surface area contributed by atoms with Gasteiger partial charge in [0.25, 0.3) is 0 Å². The molecule has 2 atom stereocenters. The van der Waals surface area contributed by atoms with Crippen molar-refractivity contribution in [3.8, 4) is 0 Å². The highest BCUT2D eigenvalue weighted by atomic mass is 35.5. The Bertz CT molecular complexity index is 749. The molecule has 0 unspecified atom stereocenters. The summed E-state index contributed by atoms with van der Waals surface area (Å²) in [6.45, 7) is 0. The summed E-state index contributed by atoms with van der Waals surface area (Å²) in [7, 11) is 0. The van der Waals surface area contributed by atoms with Gasteiger partial charge in [-0.25, -0.2) is 0 Å². The number of hydrazine groups is 1. The second-order valence-electron chi connectivity index (χ2n) is 5.58. The van der Waals surface area contributed by atoms with Gasteiger partial charge in [-0.2, -0.15) is 0 Å². The van der Waals surface area contributed by atoms with E-state index in [1.54, 1.807) is 24.3 Å². The van der Waals surface area contributed by atoms with Crippen LogP contribution in [0.2, 0.25) is 10.0 Å². The Kier molecular flexibility index (Phi) is 5.23. The number of hydrogen-bond acceptors (Lipinski definition) is 2. The minimum absolute atomic E-state index is 0.0444. The lowest BCUT2D eigenvalue weighted by Gasteiger charge is -2.11. The molecule has 0 aliphatic heterocycles. The zero-order valence-corrected chi connectivity index (χ0v) is 14.9. The summed E-state index contributed by atoms with van der Waals surface area (Å²) < 4.78 is 0. The van der Waals surface area contributed by atoms with Crippen LogP contribution in [0.1, 0.15) is 17.9 Å². The van der Waals surface area contributed by atoms with Gasteiger partial charge in [0.05, 0.1) is 0 Å². The quantitative estimate of drug-likeness (QED) is 0.554. The molecule has 0 bridgehead atoms. The summed E-state index contributed by atoms with van der Waals surface area (Å²) >= 11 is 16.8. The average Bonchev–Trinajstić information content (AvgIpc) is 3.36. The minimum atomic E-state index is -0.0739. The van der Waals surface area contributed by atoms with Crippen LogP contribution in [0.5, 0.6) is 0 Å². The first-order chi connectivity index (χ1) is 11.5. The number of benzene rings is 2. The van der Waals surface area contributed by atoms with Gasteiger partial charge in [0, 0.05) is 21.7 Å². The predicted molar refractivity (Wildman–Crippen MR) is 101 cm³/mol. The lowest BCUT2D eigenvalue weighted by Crippen LogP contribution is -2.44. The summed E-state index contributed by atoms with van der Waals surface area (Å²) in [6.07, 6.45) is 0.826. The normalized spacial score (nSPS) is 18.6. The second-order valence-corrected chi connectivity index (χ2v) is 6.86. The van der Waals surface area contributed by atoms with Crippen molar-refractivity contribution in [1.82, 2.24) is 10.9 Å².